The number of Topliss-reactive ketones (excluding diaryl/α,β-unsaturated/α-hetero) is 1. The van der Waals surface area contributed by atoms with E-state index in [0.29, 0.717) is 29.9 Å². The fourth-order valence-corrected chi connectivity index (χ4v) is 2.50. The summed E-state index contributed by atoms with van der Waals surface area (Å²) < 4.78 is 10.8. The number of fused-ring (bicyclic) bond motifs is 1. The molecule has 108 valence electrons. The van der Waals surface area contributed by atoms with Crippen molar-refractivity contribution < 1.29 is 19.1 Å². The van der Waals surface area contributed by atoms with Crippen LogP contribution < -0.4 is 4.74 Å². The zero-order valence-electron chi connectivity index (χ0n) is 11.8. The van der Waals surface area contributed by atoms with Crippen molar-refractivity contribution in [3.05, 3.63) is 47.2 Å². The van der Waals surface area contributed by atoms with Crippen LogP contribution in [0.15, 0.2) is 41.7 Å². The molecule has 0 fully saturated rings. The van der Waals surface area contributed by atoms with Gasteiger partial charge in [0.2, 0.25) is 0 Å². The summed E-state index contributed by atoms with van der Waals surface area (Å²) in [6, 6.07) is 7.32. The number of ketones is 1. The van der Waals surface area contributed by atoms with Crippen LogP contribution in [0.5, 0.6) is 5.75 Å². The van der Waals surface area contributed by atoms with Gasteiger partial charge in [0.25, 0.3) is 0 Å². The van der Waals surface area contributed by atoms with Crippen molar-refractivity contribution in [2.75, 3.05) is 6.61 Å². The lowest BCUT2D eigenvalue weighted by Gasteiger charge is -2.09. The minimum Gasteiger partial charge on any atom is -0.494 e. The Hall–Kier alpha value is -2.36. The van der Waals surface area contributed by atoms with E-state index in [1.54, 1.807) is 6.08 Å². The summed E-state index contributed by atoms with van der Waals surface area (Å²) in [5.41, 5.74) is 1.96. The van der Waals surface area contributed by atoms with Crippen molar-refractivity contribution in [1.82, 2.24) is 0 Å². The van der Waals surface area contributed by atoms with Crippen LogP contribution in [-0.4, -0.2) is 18.4 Å². The van der Waals surface area contributed by atoms with E-state index in [1.807, 2.05) is 31.2 Å². The van der Waals surface area contributed by atoms with E-state index in [2.05, 4.69) is 0 Å². The lowest BCUT2D eigenvalue weighted by molar-refractivity contribution is -0.131. The molecule has 1 aromatic carbocycles. The van der Waals surface area contributed by atoms with Crippen LogP contribution in [0, 0.1) is 0 Å². The van der Waals surface area contributed by atoms with Crippen LogP contribution in [-0.2, 0) is 14.3 Å². The van der Waals surface area contributed by atoms with E-state index >= 15 is 0 Å². The summed E-state index contributed by atoms with van der Waals surface area (Å²) in [6.45, 7) is 2.71. The summed E-state index contributed by atoms with van der Waals surface area (Å²) in [4.78, 5) is 23.6. The van der Waals surface area contributed by atoms with Crippen LogP contribution in [0.4, 0.5) is 0 Å². The maximum atomic E-state index is 12.0. The van der Waals surface area contributed by atoms with Gasteiger partial charge in [-0.25, -0.2) is 4.79 Å². The summed E-state index contributed by atoms with van der Waals surface area (Å²) in [5, 5.41) is 0. The largest absolute Gasteiger partial charge is 0.494 e. The van der Waals surface area contributed by atoms with E-state index in [1.165, 1.54) is 0 Å². The molecule has 1 aliphatic heterocycles. The number of carbonyl (C=O) groups excluding carboxylic acids is 2. The summed E-state index contributed by atoms with van der Waals surface area (Å²) in [5.74, 6) is 1.04. The summed E-state index contributed by atoms with van der Waals surface area (Å²) in [6.07, 6.45) is 3.23. The molecule has 4 heteroatoms. The first kappa shape index (κ1) is 13.6. The number of esters is 1. The highest BCUT2D eigenvalue weighted by atomic mass is 16.5. The number of rotatable bonds is 4. The second-order valence-electron chi connectivity index (χ2n) is 5.10. The molecule has 0 atom stereocenters. The highest BCUT2D eigenvalue weighted by Gasteiger charge is 2.33. The van der Waals surface area contributed by atoms with Gasteiger partial charge in [-0.05, 0) is 30.2 Å². The first-order valence-corrected chi connectivity index (χ1v) is 7.10. The molecule has 0 radical (unpaired) electrons. The van der Waals surface area contributed by atoms with E-state index in [0.717, 1.165) is 17.7 Å². The zero-order chi connectivity index (χ0) is 14.8. The first-order chi connectivity index (χ1) is 10.2. The smallest absolute Gasteiger partial charge is 0.344 e. The molecule has 21 heavy (non-hydrogen) atoms. The van der Waals surface area contributed by atoms with Crippen molar-refractivity contribution in [3.63, 3.8) is 0 Å². The van der Waals surface area contributed by atoms with E-state index in [9.17, 15) is 9.59 Å². The normalized spacial score (nSPS) is 17.5. The number of benzene rings is 1. The van der Waals surface area contributed by atoms with Gasteiger partial charge in [-0.3, -0.25) is 4.79 Å². The van der Waals surface area contributed by atoms with Crippen molar-refractivity contribution in [3.8, 4) is 5.75 Å². The SMILES string of the molecule is CCCOc1ccc(C2=C3CC(=O)CC=C3OC2=O)cc1. The molecule has 1 aliphatic carbocycles. The monoisotopic (exact) mass is 284 g/mol. The molecule has 1 aromatic rings. The fraction of sp³-hybridized carbons (Fsp3) is 0.294. The lowest BCUT2D eigenvalue weighted by atomic mass is 9.93. The molecule has 0 saturated heterocycles. The molecule has 0 aromatic heterocycles. The topological polar surface area (TPSA) is 52.6 Å². The van der Waals surface area contributed by atoms with Gasteiger partial charge in [0.1, 0.15) is 17.3 Å². The Morgan fingerprint density at radius 3 is 2.67 bits per heavy atom. The average Bonchev–Trinajstić information content (AvgIpc) is 2.81. The lowest BCUT2D eigenvalue weighted by Crippen LogP contribution is -2.05. The standard InChI is InChI=1S/C17H16O4/c1-2-9-20-13-6-3-11(4-7-13)16-14-10-12(18)5-8-15(14)21-17(16)19/h3-4,6-8H,2,5,9-10H2,1H3. The minimum absolute atomic E-state index is 0.104. The van der Waals surface area contributed by atoms with Gasteiger partial charge >= 0.3 is 5.97 Å². The van der Waals surface area contributed by atoms with Crippen LogP contribution in [0.2, 0.25) is 0 Å². The molecule has 0 amide bonds. The van der Waals surface area contributed by atoms with Gasteiger partial charge in [-0.15, -0.1) is 0 Å². The van der Waals surface area contributed by atoms with Crippen LogP contribution >= 0.6 is 0 Å². The fourth-order valence-electron chi connectivity index (χ4n) is 2.50. The van der Waals surface area contributed by atoms with E-state index < -0.39 is 0 Å². The summed E-state index contributed by atoms with van der Waals surface area (Å²) >= 11 is 0. The van der Waals surface area contributed by atoms with Crippen molar-refractivity contribution >= 4 is 17.3 Å². The Morgan fingerprint density at radius 1 is 1.19 bits per heavy atom. The highest BCUT2D eigenvalue weighted by molar-refractivity contribution is 6.22. The molecular weight excluding hydrogens is 268 g/mol. The molecule has 0 bridgehead atoms. The van der Waals surface area contributed by atoms with Crippen molar-refractivity contribution in [2.24, 2.45) is 0 Å². The third kappa shape index (κ3) is 2.61. The predicted molar refractivity (Wildman–Crippen MR) is 77.6 cm³/mol. The first-order valence-electron chi connectivity index (χ1n) is 7.10. The second kappa shape index (κ2) is 5.56. The molecule has 0 N–H and O–H groups in total. The third-order valence-electron chi connectivity index (χ3n) is 3.51. The molecule has 4 nitrogen and oxygen atoms in total. The van der Waals surface area contributed by atoms with Crippen molar-refractivity contribution in [2.45, 2.75) is 26.2 Å². The molecule has 0 saturated carbocycles. The van der Waals surface area contributed by atoms with Gasteiger partial charge < -0.3 is 9.47 Å². The molecule has 0 unspecified atom stereocenters. The predicted octanol–water partition coefficient (Wildman–Crippen LogP) is 3.03. The summed E-state index contributed by atoms with van der Waals surface area (Å²) in [7, 11) is 0. The van der Waals surface area contributed by atoms with Crippen LogP contribution in [0.1, 0.15) is 31.7 Å². The maximum Gasteiger partial charge on any atom is 0.344 e. The molecule has 0 spiro atoms. The number of allylic oxidation sites excluding steroid dienone is 2. The Morgan fingerprint density at radius 2 is 1.95 bits per heavy atom. The Balaban J connectivity index is 1.93. The number of carbonyl (C=O) groups is 2. The van der Waals surface area contributed by atoms with Gasteiger partial charge in [0.15, 0.2) is 0 Å². The molecular formula is C17H16O4. The molecule has 2 aliphatic rings. The quantitative estimate of drug-likeness (QED) is 0.797. The number of hydrogen-bond acceptors (Lipinski definition) is 4. The van der Waals surface area contributed by atoms with Gasteiger partial charge in [0, 0.05) is 18.4 Å². The highest BCUT2D eigenvalue weighted by Crippen LogP contribution is 2.38. The van der Waals surface area contributed by atoms with Crippen LogP contribution in [0.25, 0.3) is 5.57 Å². The number of hydrogen-bond donors (Lipinski definition) is 0. The zero-order valence-corrected chi connectivity index (χ0v) is 11.8. The average molecular weight is 284 g/mol. The molecule has 3 rings (SSSR count). The Labute approximate surface area is 123 Å². The minimum atomic E-state index is -0.381. The maximum absolute atomic E-state index is 12.0. The van der Waals surface area contributed by atoms with E-state index in [-0.39, 0.29) is 18.2 Å². The van der Waals surface area contributed by atoms with Gasteiger partial charge in [0.05, 0.1) is 12.2 Å². The van der Waals surface area contributed by atoms with Crippen LogP contribution in [0.3, 0.4) is 0 Å². The Bertz CT molecular complexity index is 650. The van der Waals surface area contributed by atoms with Gasteiger partial charge in [-0.2, -0.15) is 0 Å². The third-order valence-corrected chi connectivity index (χ3v) is 3.51. The Kier molecular flexibility index (Phi) is 3.60. The second-order valence-corrected chi connectivity index (χ2v) is 5.10. The number of ether oxygens (including phenoxy) is 2. The molecule has 1 heterocycles. The van der Waals surface area contributed by atoms with Gasteiger partial charge in [-0.1, -0.05) is 19.1 Å². The van der Waals surface area contributed by atoms with Crippen molar-refractivity contribution in [1.29, 1.82) is 0 Å². The van der Waals surface area contributed by atoms with E-state index in [4.69, 9.17) is 9.47 Å².